The van der Waals surface area contributed by atoms with Gasteiger partial charge in [-0.1, -0.05) is 30.3 Å². The molecule has 0 fully saturated rings. The molecule has 1 aromatic carbocycles. The van der Waals surface area contributed by atoms with Crippen molar-refractivity contribution in [3.05, 3.63) is 35.9 Å². The van der Waals surface area contributed by atoms with Gasteiger partial charge in [-0.2, -0.15) is 10.2 Å². The fourth-order valence-corrected chi connectivity index (χ4v) is 1.26. The van der Waals surface area contributed by atoms with E-state index in [0.717, 1.165) is 17.6 Å². The molecule has 0 radical (unpaired) electrons. The Morgan fingerprint density at radius 2 is 2.00 bits per heavy atom. The van der Waals surface area contributed by atoms with E-state index in [0.29, 0.717) is 0 Å². The molecule has 1 unspecified atom stereocenters. The Kier molecular flexibility index (Phi) is 2.00. The van der Waals surface area contributed by atoms with E-state index in [1.54, 1.807) is 6.21 Å². The number of benzene rings is 1. The summed E-state index contributed by atoms with van der Waals surface area (Å²) in [7, 11) is 0. The second-order valence-corrected chi connectivity index (χ2v) is 2.78. The molecule has 0 amide bonds. The van der Waals surface area contributed by atoms with Gasteiger partial charge in [-0.3, -0.25) is 0 Å². The van der Waals surface area contributed by atoms with Gasteiger partial charge in [0.05, 0.1) is 11.6 Å². The summed E-state index contributed by atoms with van der Waals surface area (Å²) in [6.45, 7) is 0. The van der Waals surface area contributed by atoms with Crippen LogP contribution in [0.25, 0.3) is 0 Å². The molecular weight excluding hydrogens is 164 g/mol. The SMILES string of the molecule is O=CC1C=NN=C1c1ccccc1. The van der Waals surface area contributed by atoms with Crippen LogP contribution >= 0.6 is 0 Å². The number of rotatable bonds is 2. The zero-order chi connectivity index (χ0) is 9.10. The molecule has 0 aromatic heterocycles. The van der Waals surface area contributed by atoms with Gasteiger partial charge in [-0.15, -0.1) is 0 Å². The molecule has 0 aliphatic carbocycles. The molecule has 64 valence electrons. The van der Waals surface area contributed by atoms with Gasteiger partial charge < -0.3 is 4.79 Å². The summed E-state index contributed by atoms with van der Waals surface area (Å²) >= 11 is 0. The lowest BCUT2D eigenvalue weighted by Gasteiger charge is -2.02. The van der Waals surface area contributed by atoms with Crippen LogP contribution in [0.15, 0.2) is 40.5 Å². The molecule has 1 aliphatic rings. The molecule has 13 heavy (non-hydrogen) atoms. The van der Waals surface area contributed by atoms with Crippen LogP contribution in [0.4, 0.5) is 0 Å². The van der Waals surface area contributed by atoms with Crippen LogP contribution < -0.4 is 0 Å². The number of carbonyl (C=O) groups excluding carboxylic acids is 1. The molecule has 0 saturated heterocycles. The Bertz CT molecular complexity index is 368. The van der Waals surface area contributed by atoms with Crippen LogP contribution in [0.5, 0.6) is 0 Å². The average molecular weight is 172 g/mol. The Balaban J connectivity index is 2.34. The summed E-state index contributed by atoms with van der Waals surface area (Å²) in [4.78, 5) is 10.6. The predicted molar refractivity (Wildman–Crippen MR) is 51.0 cm³/mol. The number of hydrogen-bond acceptors (Lipinski definition) is 3. The molecule has 1 aliphatic heterocycles. The van der Waals surface area contributed by atoms with E-state index >= 15 is 0 Å². The molecule has 0 saturated carbocycles. The van der Waals surface area contributed by atoms with Crippen molar-refractivity contribution in [1.29, 1.82) is 0 Å². The predicted octanol–water partition coefficient (Wildman–Crippen LogP) is 1.29. The second kappa shape index (κ2) is 3.31. The van der Waals surface area contributed by atoms with Gasteiger partial charge in [0.15, 0.2) is 0 Å². The van der Waals surface area contributed by atoms with E-state index in [9.17, 15) is 4.79 Å². The second-order valence-electron chi connectivity index (χ2n) is 2.78. The summed E-state index contributed by atoms with van der Waals surface area (Å²) < 4.78 is 0. The molecule has 0 N–H and O–H groups in total. The topological polar surface area (TPSA) is 41.8 Å². The van der Waals surface area contributed by atoms with E-state index in [2.05, 4.69) is 10.2 Å². The van der Waals surface area contributed by atoms with Gasteiger partial charge in [-0.05, 0) is 5.56 Å². The minimum atomic E-state index is -0.276. The molecule has 0 bridgehead atoms. The number of nitrogens with zero attached hydrogens (tertiary/aromatic N) is 2. The maximum absolute atomic E-state index is 10.6. The fourth-order valence-electron chi connectivity index (χ4n) is 1.26. The summed E-state index contributed by atoms with van der Waals surface area (Å²) in [5.74, 6) is -0.276. The smallest absolute Gasteiger partial charge is 0.134 e. The zero-order valence-corrected chi connectivity index (χ0v) is 6.92. The van der Waals surface area contributed by atoms with E-state index in [4.69, 9.17) is 0 Å². The fraction of sp³-hybridized carbons (Fsp3) is 0.100. The normalized spacial score (nSPS) is 20.0. The van der Waals surface area contributed by atoms with Crippen molar-refractivity contribution >= 4 is 18.2 Å². The molecule has 1 heterocycles. The summed E-state index contributed by atoms with van der Waals surface area (Å²) in [5, 5.41) is 7.64. The van der Waals surface area contributed by atoms with Crippen molar-refractivity contribution < 1.29 is 4.79 Å². The van der Waals surface area contributed by atoms with Crippen LogP contribution in [-0.4, -0.2) is 18.2 Å². The lowest BCUT2D eigenvalue weighted by Crippen LogP contribution is -2.14. The lowest BCUT2D eigenvalue weighted by atomic mass is 10.00. The van der Waals surface area contributed by atoms with Gasteiger partial charge in [0.2, 0.25) is 0 Å². The minimum Gasteiger partial charge on any atom is -0.302 e. The summed E-state index contributed by atoms with van der Waals surface area (Å²) in [6.07, 6.45) is 2.40. The highest BCUT2D eigenvalue weighted by atomic mass is 16.1. The third kappa shape index (κ3) is 1.40. The standard InChI is InChI=1S/C10H8N2O/c13-7-9-6-11-12-10(9)8-4-2-1-3-5-8/h1-7,9H. The van der Waals surface area contributed by atoms with Crippen molar-refractivity contribution in [2.45, 2.75) is 0 Å². The first-order chi connectivity index (χ1) is 6.42. The first-order valence-corrected chi connectivity index (χ1v) is 4.03. The Labute approximate surface area is 75.8 Å². The molecule has 3 heteroatoms. The number of carbonyl (C=O) groups is 1. The molecular formula is C10H8N2O. The number of aldehydes is 1. The Hall–Kier alpha value is -1.77. The van der Waals surface area contributed by atoms with Gasteiger partial charge >= 0.3 is 0 Å². The monoisotopic (exact) mass is 172 g/mol. The maximum atomic E-state index is 10.6. The number of hydrogen-bond donors (Lipinski definition) is 0. The quantitative estimate of drug-likeness (QED) is 0.620. The van der Waals surface area contributed by atoms with Crippen LogP contribution in [0.2, 0.25) is 0 Å². The van der Waals surface area contributed by atoms with Gasteiger partial charge in [0.1, 0.15) is 6.29 Å². The average Bonchev–Trinajstić information content (AvgIpc) is 2.67. The van der Waals surface area contributed by atoms with Crippen molar-refractivity contribution in [2.24, 2.45) is 16.1 Å². The van der Waals surface area contributed by atoms with Crippen molar-refractivity contribution in [3.63, 3.8) is 0 Å². The van der Waals surface area contributed by atoms with Gasteiger partial charge in [-0.25, -0.2) is 0 Å². The van der Waals surface area contributed by atoms with Crippen molar-refractivity contribution in [1.82, 2.24) is 0 Å². The van der Waals surface area contributed by atoms with Crippen LogP contribution in [0.1, 0.15) is 5.56 Å². The minimum absolute atomic E-state index is 0.276. The Morgan fingerprint density at radius 3 is 2.69 bits per heavy atom. The lowest BCUT2D eigenvalue weighted by molar-refractivity contribution is -0.108. The van der Waals surface area contributed by atoms with E-state index in [1.807, 2.05) is 30.3 Å². The molecule has 3 nitrogen and oxygen atoms in total. The largest absolute Gasteiger partial charge is 0.302 e. The van der Waals surface area contributed by atoms with Crippen LogP contribution in [0, 0.1) is 5.92 Å². The van der Waals surface area contributed by atoms with Gasteiger partial charge in [0.25, 0.3) is 0 Å². The summed E-state index contributed by atoms with van der Waals surface area (Å²) in [6, 6.07) is 9.60. The molecule has 0 spiro atoms. The highest BCUT2D eigenvalue weighted by Gasteiger charge is 2.18. The highest BCUT2D eigenvalue weighted by molar-refractivity contribution is 6.19. The van der Waals surface area contributed by atoms with Crippen LogP contribution in [0.3, 0.4) is 0 Å². The zero-order valence-electron chi connectivity index (χ0n) is 6.92. The van der Waals surface area contributed by atoms with Gasteiger partial charge in [0, 0.05) is 6.21 Å². The van der Waals surface area contributed by atoms with E-state index in [1.165, 1.54) is 0 Å². The molecule has 2 rings (SSSR count). The first kappa shape index (κ1) is 7.86. The van der Waals surface area contributed by atoms with Crippen LogP contribution in [-0.2, 0) is 4.79 Å². The third-order valence-electron chi connectivity index (χ3n) is 1.92. The van der Waals surface area contributed by atoms with Crippen molar-refractivity contribution in [3.8, 4) is 0 Å². The van der Waals surface area contributed by atoms with E-state index < -0.39 is 0 Å². The third-order valence-corrected chi connectivity index (χ3v) is 1.92. The highest BCUT2D eigenvalue weighted by Crippen LogP contribution is 2.11. The first-order valence-electron chi connectivity index (χ1n) is 4.03. The Morgan fingerprint density at radius 1 is 1.23 bits per heavy atom. The molecule has 1 atom stereocenters. The van der Waals surface area contributed by atoms with Crippen molar-refractivity contribution in [2.75, 3.05) is 0 Å². The maximum Gasteiger partial charge on any atom is 0.134 e. The summed E-state index contributed by atoms with van der Waals surface area (Å²) in [5.41, 5.74) is 1.69. The van der Waals surface area contributed by atoms with E-state index in [-0.39, 0.29) is 5.92 Å². The molecule has 1 aromatic rings.